The van der Waals surface area contributed by atoms with Crippen LogP contribution in [0, 0.1) is 5.92 Å². The first kappa shape index (κ1) is 13.9. The van der Waals surface area contributed by atoms with E-state index in [1.165, 1.54) is 4.90 Å². The van der Waals surface area contributed by atoms with Gasteiger partial charge in [-0.1, -0.05) is 36.5 Å². The zero-order valence-electron chi connectivity index (χ0n) is 11.2. The zero-order chi connectivity index (χ0) is 14.5. The molecular weight excluding hydrogens is 252 g/mol. The lowest BCUT2D eigenvalue weighted by Gasteiger charge is -2.23. The lowest BCUT2D eigenvalue weighted by molar-refractivity contribution is -0.124. The van der Waals surface area contributed by atoms with Crippen LogP contribution in [0.15, 0.2) is 66.3 Å². The Labute approximate surface area is 118 Å². The summed E-state index contributed by atoms with van der Waals surface area (Å²) in [6.45, 7) is 8.02. The molecule has 1 aliphatic heterocycles. The average molecular weight is 268 g/mol. The number of amides is 2. The minimum absolute atomic E-state index is 0.171. The molecular formula is C16H16N2O2. The van der Waals surface area contributed by atoms with Crippen LogP contribution in [-0.2, 0) is 9.59 Å². The smallest absolute Gasteiger partial charge is 0.273 e. The number of allylic oxidation sites excluding steroid dienone is 3. The molecule has 0 radical (unpaired) electrons. The molecule has 4 heteroatoms. The molecule has 0 aromatic rings. The normalized spacial score (nSPS) is 19.8. The van der Waals surface area contributed by atoms with E-state index in [-0.39, 0.29) is 23.4 Å². The number of hydrogen-bond acceptors (Lipinski definition) is 2. The van der Waals surface area contributed by atoms with Crippen LogP contribution in [0.25, 0.3) is 0 Å². The van der Waals surface area contributed by atoms with E-state index in [0.717, 1.165) is 5.57 Å². The monoisotopic (exact) mass is 268 g/mol. The van der Waals surface area contributed by atoms with Crippen LogP contribution in [0.1, 0.15) is 0 Å². The molecule has 0 bridgehead atoms. The van der Waals surface area contributed by atoms with Crippen molar-refractivity contribution in [1.29, 1.82) is 0 Å². The van der Waals surface area contributed by atoms with E-state index < -0.39 is 0 Å². The average Bonchev–Trinajstić information content (AvgIpc) is 2.46. The molecule has 2 aliphatic rings. The quantitative estimate of drug-likeness (QED) is 0.714. The highest BCUT2D eigenvalue weighted by Crippen LogP contribution is 2.24. The van der Waals surface area contributed by atoms with Crippen LogP contribution in [-0.4, -0.2) is 35.5 Å². The number of rotatable bonds is 5. The van der Waals surface area contributed by atoms with Crippen LogP contribution in [0.5, 0.6) is 0 Å². The molecule has 1 aliphatic carbocycles. The minimum Gasteiger partial charge on any atom is -0.330 e. The molecule has 102 valence electrons. The largest absolute Gasteiger partial charge is 0.330 e. The summed E-state index contributed by atoms with van der Waals surface area (Å²) >= 11 is 0. The van der Waals surface area contributed by atoms with Crippen molar-refractivity contribution in [3.05, 3.63) is 61.3 Å². The standard InChI is InChI=1S/C16H16N2O2/c1-3-9-18(10-4-2)16(20)14-11-12-7-5-6-8-13(12)15(19)17-14/h3-8,11,13H,1-2,9-10H2. The third-order valence-corrected chi connectivity index (χ3v) is 3.07. The van der Waals surface area contributed by atoms with Crippen LogP contribution >= 0.6 is 0 Å². The predicted octanol–water partition coefficient (Wildman–Crippen LogP) is 1.84. The van der Waals surface area contributed by atoms with E-state index >= 15 is 0 Å². The number of dihydropyridines is 1. The van der Waals surface area contributed by atoms with Crippen molar-refractivity contribution in [2.45, 2.75) is 0 Å². The Hall–Kier alpha value is -2.49. The second-order valence-electron chi connectivity index (χ2n) is 4.49. The highest BCUT2D eigenvalue weighted by atomic mass is 16.2. The van der Waals surface area contributed by atoms with Gasteiger partial charge in [0.2, 0.25) is 0 Å². The van der Waals surface area contributed by atoms with Gasteiger partial charge in [-0.05, 0) is 11.6 Å². The number of carbonyl (C=O) groups is 2. The molecule has 0 saturated carbocycles. The zero-order valence-corrected chi connectivity index (χ0v) is 11.2. The molecule has 0 fully saturated rings. The molecule has 0 spiro atoms. The van der Waals surface area contributed by atoms with Crippen LogP contribution in [0.4, 0.5) is 0 Å². The Balaban J connectivity index is 2.26. The molecule has 0 aromatic carbocycles. The van der Waals surface area contributed by atoms with Crippen molar-refractivity contribution in [3.63, 3.8) is 0 Å². The summed E-state index contributed by atoms with van der Waals surface area (Å²) in [4.78, 5) is 29.8. The summed E-state index contributed by atoms with van der Waals surface area (Å²) in [7, 11) is 0. The van der Waals surface area contributed by atoms with Crippen molar-refractivity contribution < 1.29 is 9.59 Å². The van der Waals surface area contributed by atoms with Crippen molar-refractivity contribution in [2.24, 2.45) is 10.9 Å². The van der Waals surface area contributed by atoms with Crippen molar-refractivity contribution in [1.82, 2.24) is 4.90 Å². The highest BCUT2D eigenvalue weighted by Gasteiger charge is 2.28. The Kier molecular flexibility index (Phi) is 4.25. The maximum Gasteiger partial charge on any atom is 0.273 e. The minimum atomic E-state index is -0.358. The molecule has 2 amide bonds. The first-order valence-corrected chi connectivity index (χ1v) is 6.37. The second kappa shape index (κ2) is 6.10. The van der Waals surface area contributed by atoms with Gasteiger partial charge in [-0.25, -0.2) is 4.99 Å². The van der Waals surface area contributed by atoms with Crippen molar-refractivity contribution >= 4 is 17.5 Å². The fourth-order valence-electron chi connectivity index (χ4n) is 2.12. The molecule has 1 unspecified atom stereocenters. The van der Waals surface area contributed by atoms with Gasteiger partial charge in [0.15, 0.2) is 0 Å². The van der Waals surface area contributed by atoms with E-state index in [9.17, 15) is 9.59 Å². The molecule has 4 nitrogen and oxygen atoms in total. The number of fused-ring (bicyclic) bond motifs is 1. The lowest BCUT2D eigenvalue weighted by Crippen LogP contribution is -2.38. The van der Waals surface area contributed by atoms with E-state index in [2.05, 4.69) is 18.2 Å². The lowest BCUT2D eigenvalue weighted by atomic mass is 9.90. The summed E-state index contributed by atoms with van der Waals surface area (Å²) < 4.78 is 0. The van der Waals surface area contributed by atoms with Gasteiger partial charge in [0.05, 0.1) is 5.92 Å². The van der Waals surface area contributed by atoms with Gasteiger partial charge in [-0.3, -0.25) is 9.59 Å². The van der Waals surface area contributed by atoms with Gasteiger partial charge in [0.25, 0.3) is 11.8 Å². The van der Waals surface area contributed by atoms with Gasteiger partial charge in [-0.2, -0.15) is 0 Å². The van der Waals surface area contributed by atoms with Gasteiger partial charge < -0.3 is 4.90 Å². The molecule has 1 atom stereocenters. The predicted molar refractivity (Wildman–Crippen MR) is 79.3 cm³/mol. The Morgan fingerprint density at radius 1 is 1.30 bits per heavy atom. The first-order chi connectivity index (χ1) is 9.67. The molecule has 1 heterocycles. The second-order valence-corrected chi connectivity index (χ2v) is 4.49. The number of aliphatic imine (C=N–C) groups is 1. The van der Waals surface area contributed by atoms with Gasteiger partial charge in [0, 0.05) is 13.1 Å². The van der Waals surface area contributed by atoms with Gasteiger partial charge in [-0.15, -0.1) is 13.2 Å². The molecule has 0 aromatic heterocycles. The topological polar surface area (TPSA) is 49.7 Å². The highest BCUT2D eigenvalue weighted by molar-refractivity contribution is 6.45. The van der Waals surface area contributed by atoms with Gasteiger partial charge >= 0.3 is 0 Å². The van der Waals surface area contributed by atoms with Crippen LogP contribution < -0.4 is 0 Å². The summed E-state index contributed by atoms with van der Waals surface area (Å²) in [5, 5.41) is 0. The van der Waals surface area contributed by atoms with Crippen molar-refractivity contribution in [2.75, 3.05) is 13.1 Å². The Bertz CT molecular complexity index is 569. The van der Waals surface area contributed by atoms with Crippen molar-refractivity contribution in [3.8, 4) is 0 Å². The molecule has 0 saturated heterocycles. The molecule has 20 heavy (non-hydrogen) atoms. The number of nitrogens with zero attached hydrogens (tertiary/aromatic N) is 2. The molecule has 0 N–H and O–H groups in total. The van der Waals surface area contributed by atoms with Gasteiger partial charge in [0.1, 0.15) is 5.71 Å². The number of carbonyl (C=O) groups excluding carboxylic acids is 2. The Morgan fingerprint density at radius 2 is 2.00 bits per heavy atom. The summed E-state index contributed by atoms with van der Waals surface area (Å²) in [6, 6.07) is 0. The maximum absolute atomic E-state index is 12.4. The third kappa shape index (κ3) is 2.74. The fraction of sp³-hybridized carbons (Fsp3) is 0.188. The van der Waals surface area contributed by atoms with E-state index in [1.54, 1.807) is 24.3 Å². The summed E-state index contributed by atoms with van der Waals surface area (Å²) in [5.41, 5.74) is 0.970. The van der Waals surface area contributed by atoms with E-state index in [4.69, 9.17) is 0 Å². The SMILES string of the molecule is C=CCN(CC=C)C(=O)C1=NC(=O)C2C=CC=CC2=C1. The van der Waals surface area contributed by atoms with Crippen LogP contribution in [0.3, 0.4) is 0 Å². The third-order valence-electron chi connectivity index (χ3n) is 3.07. The Morgan fingerprint density at radius 3 is 2.65 bits per heavy atom. The summed E-state index contributed by atoms with van der Waals surface area (Å²) in [5.74, 6) is -0.945. The fourth-order valence-corrected chi connectivity index (χ4v) is 2.12. The number of hydrogen-bond donors (Lipinski definition) is 0. The van der Waals surface area contributed by atoms with Crippen LogP contribution in [0.2, 0.25) is 0 Å². The van der Waals surface area contributed by atoms with E-state index in [0.29, 0.717) is 13.1 Å². The molecule has 2 rings (SSSR count). The van der Waals surface area contributed by atoms with E-state index in [1.807, 2.05) is 18.2 Å². The maximum atomic E-state index is 12.4. The summed E-state index contributed by atoms with van der Waals surface area (Å²) in [6.07, 6.45) is 12.2. The first-order valence-electron chi connectivity index (χ1n) is 6.37.